The second-order valence-electron chi connectivity index (χ2n) is 7.72. The molecule has 2 aromatic rings. The maximum Gasteiger partial charge on any atom is 0.326 e. The Morgan fingerprint density at radius 2 is 2.10 bits per heavy atom. The summed E-state index contributed by atoms with van der Waals surface area (Å²) in [7, 11) is 0. The number of likely N-dealkylation sites (N-methyl/N-ethyl adjacent to an activating group) is 1. The Bertz CT molecular complexity index is 946. The molecule has 2 aliphatic rings. The summed E-state index contributed by atoms with van der Waals surface area (Å²) in [6.07, 6.45) is 2.35. The number of amides is 4. The van der Waals surface area contributed by atoms with Crippen molar-refractivity contribution >= 4 is 29.2 Å². The van der Waals surface area contributed by atoms with E-state index in [1.165, 1.54) is 4.90 Å². The van der Waals surface area contributed by atoms with Crippen LogP contribution in [0.3, 0.4) is 0 Å². The zero-order chi connectivity index (χ0) is 21.1. The van der Waals surface area contributed by atoms with E-state index in [0.717, 1.165) is 28.8 Å². The Morgan fingerprint density at radius 1 is 1.27 bits per heavy atom. The maximum atomic E-state index is 13.4. The number of nitrogens with one attached hydrogen (secondary N) is 2. The standard InChI is InChI=1S/C22H26N4O3S/c1-2-25(14-19(27)23-13-17-9-6-12-30-17)15-26-20(28)22(24-21(26)29)11-5-8-16-7-3-4-10-18(16)22/h3-4,6-7,9-10,12H,2,5,8,11,13-15H2,1H3,(H,23,27)(H,24,29). The number of carbonyl (C=O) groups is 3. The molecule has 0 bridgehead atoms. The van der Waals surface area contributed by atoms with E-state index in [2.05, 4.69) is 10.6 Å². The number of urea groups is 1. The zero-order valence-corrected chi connectivity index (χ0v) is 17.8. The summed E-state index contributed by atoms with van der Waals surface area (Å²) in [6, 6.07) is 11.3. The van der Waals surface area contributed by atoms with Crippen LogP contribution in [0.4, 0.5) is 4.79 Å². The summed E-state index contributed by atoms with van der Waals surface area (Å²) in [5.41, 5.74) is 1.03. The van der Waals surface area contributed by atoms with Crippen molar-refractivity contribution in [1.29, 1.82) is 0 Å². The van der Waals surface area contributed by atoms with Crippen LogP contribution in [0.25, 0.3) is 0 Å². The van der Waals surface area contributed by atoms with Crippen molar-refractivity contribution in [3.05, 3.63) is 57.8 Å². The van der Waals surface area contributed by atoms with Gasteiger partial charge in [0.1, 0.15) is 5.54 Å². The number of thiophene rings is 1. The van der Waals surface area contributed by atoms with E-state index in [1.807, 2.05) is 48.7 Å². The van der Waals surface area contributed by atoms with Crippen molar-refractivity contribution in [2.24, 2.45) is 0 Å². The highest BCUT2D eigenvalue weighted by Crippen LogP contribution is 2.39. The largest absolute Gasteiger partial charge is 0.350 e. The minimum absolute atomic E-state index is 0.0947. The fourth-order valence-electron chi connectivity index (χ4n) is 4.26. The quantitative estimate of drug-likeness (QED) is 0.667. The number of aryl methyl sites for hydroxylation is 1. The second-order valence-corrected chi connectivity index (χ2v) is 8.75. The molecule has 1 fully saturated rings. The third-order valence-corrected chi connectivity index (χ3v) is 6.72. The average molecular weight is 427 g/mol. The molecule has 1 spiro atoms. The summed E-state index contributed by atoms with van der Waals surface area (Å²) in [4.78, 5) is 42.6. The third kappa shape index (κ3) is 3.85. The lowest BCUT2D eigenvalue weighted by Gasteiger charge is -2.33. The van der Waals surface area contributed by atoms with E-state index >= 15 is 0 Å². The molecule has 1 aliphatic heterocycles. The smallest absolute Gasteiger partial charge is 0.326 e. The summed E-state index contributed by atoms with van der Waals surface area (Å²) in [5, 5.41) is 7.83. The van der Waals surface area contributed by atoms with Gasteiger partial charge in [0.2, 0.25) is 5.91 Å². The van der Waals surface area contributed by atoms with E-state index < -0.39 is 11.6 Å². The molecule has 2 heterocycles. The lowest BCUT2D eigenvalue weighted by atomic mass is 9.76. The van der Waals surface area contributed by atoms with Gasteiger partial charge in [-0.2, -0.15) is 0 Å². The molecule has 1 unspecified atom stereocenters. The van der Waals surface area contributed by atoms with Gasteiger partial charge in [-0.1, -0.05) is 37.3 Å². The number of hydrogen-bond acceptors (Lipinski definition) is 5. The number of fused-ring (bicyclic) bond motifs is 2. The second kappa shape index (κ2) is 8.57. The SMILES string of the molecule is CCN(CC(=O)NCc1cccs1)CN1C(=O)NC2(CCCc3ccccc32)C1=O. The van der Waals surface area contributed by atoms with Gasteiger partial charge in [0, 0.05) is 4.88 Å². The highest BCUT2D eigenvalue weighted by molar-refractivity contribution is 7.09. The normalized spacial score (nSPS) is 20.5. The number of benzene rings is 1. The Balaban J connectivity index is 1.43. The van der Waals surface area contributed by atoms with Crippen molar-refractivity contribution in [2.75, 3.05) is 19.8 Å². The van der Waals surface area contributed by atoms with Gasteiger partial charge in [-0.05, 0) is 48.4 Å². The van der Waals surface area contributed by atoms with Gasteiger partial charge in [-0.25, -0.2) is 9.69 Å². The lowest BCUT2D eigenvalue weighted by molar-refractivity contribution is -0.134. The fourth-order valence-corrected chi connectivity index (χ4v) is 4.90. The minimum atomic E-state index is -0.979. The fraction of sp³-hybridized carbons (Fsp3) is 0.409. The molecular weight excluding hydrogens is 400 g/mol. The van der Waals surface area contributed by atoms with Crippen LogP contribution < -0.4 is 10.6 Å². The minimum Gasteiger partial charge on any atom is -0.350 e. The van der Waals surface area contributed by atoms with Crippen LogP contribution in [0.15, 0.2) is 41.8 Å². The molecule has 1 aliphatic carbocycles. The van der Waals surface area contributed by atoms with E-state index in [9.17, 15) is 14.4 Å². The number of hydrogen-bond donors (Lipinski definition) is 2. The van der Waals surface area contributed by atoms with Crippen molar-refractivity contribution in [2.45, 2.75) is 38.3 Å². The molecule has 0 radical (unpaired) electrons. The topological polar surface area (TPSA) is 81.8 Å². The van der Waals surface area contributed by atoms with Gasteiger partial charge >= 0.3 is 6.03 Å². The van der Waals surface area contributed by atoms with Crippen molar-refractivity contribution in [3.8, 4) is 0 Å². The van der Waals surface area contributed by atoms with Crippen molar-refractivity contribution in [1.82, 2.24) is 20.4 Å². The zero-order valence-electron chi connectivity index (χ0n) is 17.0. The maximum absolute atomic E-state index is 13.4. The van der Waals surface area contributed by atoms with Crippen molar-refractivity contribution < 1.29 is 14.4 Å². The van der Waals surface area contributed by atoms with Crippen LogP contribution in [0.2, 0.25) is 0 Å². The third-order valence-electron chi connectivity index (χ3n) is 5.85. The first kappa shape index (κ1) is 20.6. The highest BCUT2D eigenvalue weighted by atomic mass is 32.1. The molecule has 1 saturated heterocycles. The predicted molar refractivity (Wildman–Crippen MR) is 115 cm³/mol. The molecule has 30 heavy (non-hydrogen) atoms. The van der Waals surface area contributed by atoms with Crippen LogP contribution >= 0.6 is 11.3 Å². The van der Waals surface area contributed by atoms with E-state index in [-0.39, 0.29) is 25.0 Å². The van der Waals surface area contributed by atoms with Gasteiger partial charge in [0.05, 0.1) is 19.8 Å². The molecule has 158 valence electrons. The van der Waals surface area contributed by atoms with Gasteiger partial charge in [-0.15, -0.1) is 11.3 Å². The summed E-state index contributed by atoms with van der Waals surface area (Å²) < 4.78 is 0. The van der Waals surface area contributed by atoms with Gasteiger partial charge in [0.25, 0.3) is 5.91 Å². The summed E-state index contributed by atoms with van der Waals surface area (Å²) in [5.74, 6) is -0.355. The van der Waals surface area contributed by atoms with E-state index in [4.69, 9.17) is 0 Å². The number of imide groups is 1. The molecule has 1 atom stereocenters. The highest BCUT2D eigenvalue weighted by Gasteiger charge is 2.54. The van der Waals surface area contributed by atoms with E-state index in [0.29, 0.717) is 19.5 Å². The first-order valence-electron chi connectivity index (χ1n) is 10.3. The Kier molecular flexibility index (Phi) is 5.87. The Morgan fingerprint density at radius 3 is 2.87 bits per heavy atom. The molecule has 2 N–H and O–H groups in total. The predicted octanol–water partition coefficient (Wildman–Crippen LogP) is 2.43. The van der Waals surface area contributed by atoms with E-state index in [1.54, 1.807) is 16.2 Å². The molecule has 0 saturated carbocycles. The molecular formula is C22H26N4O3S. The number of rotatable bonds is 7. The Hall–Kier alpha value is -2.71. The molecule has 1 aromatic heterocycles. The van der Waals surface area contributed by atoms with Gasteiger partial charge in [-0.3, -0.25) is 14.5 Å². The van der Waals surface area contributed by atoms with Gasteiger partial charge < -0.3 is 10.6 Å². The average Bonchev–Trinajstić information content (AvgIpc) is 3.35. The molecule has 4 amide bonds. The van der Waals surface area contributed by atoms with Crippen LogP contribution in [0.1, 0.15) is 35.8 Å². The number of carbonyl (C=O) groups excluding carboxylic acids is 3. The summed E-state index contributed by atoms with van der Waals surface area (Å²) in [6.45, 7) is 3.17. The molecule has 1 aromatic carbocycles. The van der Waals surface area contributed by atoms with Crippen LogP contribution in [0, 0.1) is 0 Å². The number of nitrogens with zero attached hydrogens (tertiary/aromatic N) is 2. The van der Waals surface area contributed by atoms with Gasteiger partial charge in [0.15, 0.2) is 0 Å². The molecule has 8 heteroatoms. The monoisotopic (exact) mass is 426 g/mol. The van der Waals surface area contributed by atoms with Crippen LogP contribution in [-0.2, 0) is 28.1 Å². The summed E-state index contributed by atoms with van der Waals surface area (Å²) >= 11 is 1.59. The Labute approximate surface area is 180 Å². The van der Waals surface area contributed by atoms with Crippen molar-refractivity contribution in [3.63, 3.8) is 0 Å². The first-order valence-corrected chi connectivity index (χ1v) is 11.2. The van der Waals surface area contributed by atoms with Crippen LogP contribution in [-0.4, -0.2) is 47.4 Å². The molecule has 4 rings (SSSR count). The van der Waals surface area contributed by atoms with Crippen LogP contribution in [0.5, 0.6) is 0 Å². The lowest BCUT2D eigenvalue weighted by Crippen LogP contribution is -2.48. The first-order chi connectivity index (χ1) is 14.5. The molecule has 7 nitrogen and oxygen atoms in total.